The molecule has 0 spiro atoms. The van der Waals surface area contributed by atoms with E-state index < -0.39 is 7.32 Å². The van der Waals surface area contributed by atoms with Gasteiger partial charge in [0.15, 0.2) is 0 Å². The van der Waals surface area contributed by atoms with Crippen LogP contribution in [0.3, 0.4) is 0 Å². The molecular formula is C7H15BO3. The van der Waals surface area contributed by atoms with Crippen LogP contribution in [0.5, 0.6) is 0 Å². The fraction of sp³-hybridized carbons (Fsp3) is 1.00. The Bertz CT molecular complexity index is 102. The quantitative estimate of drug-likeness (QED) is 0.589. The fourth-order valence-electron chi connectivity index (χ4n) is 1.58. The Morgan fingerprint density at radius 1 is 1.18 bits per heavy atom. The van der Waals surface area contributed by atoms with Gasteiger partial charge in [-0.25, -0.2) is 0 Å². The van der Waals surface area contributed by atoms with E-state index in [0.29, 0.717) is 12.5 Å². The van der Waals surface area contributed by atoms with E-state index in [9.17, 15) is 0 Å². The Labute approximate surface area is 67.6 Å². The second kappa shape index (κ2) is 4.75. The summed E-state index contributed by atoms with van der Waals surface area (Å²) in [4.78, 5) is 0. The summed E-state index contributed by atoms with van der Waals surface area (Å²) in [5.41, 5.74) is 0. The van der Waals surface area contributed by atoms with Crippen LogP contribution >= 0.6 is 0 Å². The topological polar surface area (TPSA) is 49.7 Å². The Morgan fingerprint density at radius 3 is 2.36 bits per heavy atom. The zero-order valence-corrected chi connectivity index (χ0v) is 6.70. The van der Waals surface area contributed by atoms with E-state index in [1.807, 2.05) is 0 Å². The summed E-state index contributed by atoms with van der Waals surface area (Å²) in [7, 11) is -1.59. The molecule has 0 radical (unpaired) electrons. The van der Waals surface area contributed by atoms with E-state index >= 15 is 0 Å². The average molecular weight is 158 g/mol. The summed E-state index contributed by atoms with van der Waals surface area (Å²) in [6.07, 6.45) is 6.18. The Kier molecular flexibility index (Phi) is 3.90. The molecule has 1 aliphatic carbocycles. The van der Waals surface area contributed by atoms with E-state index in [1.165, 1.54) is 32.1 Å². The van der Waals surface area contributed by atoms with Crippen molar-refractivity contribution in [3.05, 3.63) is 0 Å². The third-order valence-electron chi connectivity index (χ3n) is 2.21. The lowest BCUT2D eigenvalue weighted by Crippen LogP contribution is -2.22. The van der Waals surface area contributed by atoms with Crippen molar-refractivity contribution in [1.82, 2.24) is 0 Å². The molecule has 0 amide bonds. The van der Waals surface area contributed by atoms with Gasteiger partial charge in [0.25, 0.3) is 0 Å². The van der Waals surface area contributed by atoms with Crippen molar-refractivity contribution in [1.29, 1.82) is 0 Å². The van der Waals surface area contributed by atoms with Crippen molar-refractivity contribution in [3.63, 3.8) is 0 Å². The monoisotopic (exact) mass is 158 g/mol. The Hall–Kier alpha value is -0.0551. The van der Waals surface area contributed by atoms with Crippen LogP contribution < -0.4 is 0 Å². The average Bonchev–Trinajstić information content (AvgIpc) is 2.03. The first-order chi connectivity index (χ1) is 5.29. The predicted molar refractivity (Wildman–Crippen MR) is 42.7 cm³/mol. The molecule has 1 fully saturated rings. The predicted octanol–water partition coefficient (Wildman–Crippen LogP) is 0.553. The first-order valence-corrected chi connectivity index (χ1v) is 4.27. The van der Waals surface area contributed by atoms with Crippen LogP contribution in [0.2, 0.25) is 0 Å². The zero-order valence-electron chi connectivity index (χ0n) is 6.70. The molecule has 1 rings (SSSR count). The Morgan fingerprint density at radius 2 is 1.82 bits per heavy atom. The lowest BCUT2D eigenvalue weighted by molar-refractivity contribution is 0.138. The van der Waals surface area contributed by atoms with Crippen molar-refractivity contribution >= 4 is 7.32 Å². The van der Waals surface area contributed by atoms with E-state index in [0.717, 1.165) is 0 Å². The molecule has 0 saturated heterocycles. The minimum atomic E-state index is -1.59. The minimum Gasteiger partial charge on any atom is -0.402 e. The summed E-state index contributed by atoms with van der Waals surface area (Å²) in [5.74, 6) is 0.547. The normalized spacial score (nSPS) is 20.2. The van der Waals surface area contributed by atoms with Crippen LogP contribution in [0, 0.1) is 5.92 Å². The highest BCUT2D eigenvalue weighted by Crippen LogP contribution is 2.23. The molecule has 3 nitrogen and oxygen atoms in total. The molecule has 0 aliphatic heterocycles. The summed E-state index contributed by atoms with van der Waals surface area (Å²) < 4.78 is 4.69. The van der Waals surface area contributed by atoms with Gasteiger partial charge in [0.2, 0.25) is 0 Å². The first kappa shape index (κ1) is 9.04. The second-order valence-corrected chi connectivity index (χ2v) is 3.16. The van der Waals surface area contributed by atoms with Crippen LogP contribution in [0.25, 0.3) is 0 Å². The third kappa shape index (κ3) is 3.75. The molecule has 2 N–H and O–H groups in total. The molecule has 11 heavy (non-hydrogen) atoms. The van der Waals surface area contributed by atoms with E-state index in [-0.39, 0.29) is 0 Å². The summed E-state index contributed by atoms with van der Waals surface area (Å²) >= 11 is 0. The first-order valence-electron chi connectivity index (χ1n) is 4.27. The SMILES string of the molecule is OB(O)OCC1CCCCC1. The maximum Gasteiger partial charge on any atom is 0.633 e. The largest absolute Gasteiger partial charge is 0.633 e. The lowest BCUT2D eigenvalue weighted by Gasteiger charge is -2.21. The van der Waals surface area contributed by atoms with Gasteiger partial charge in [0, 0.05) is 6.61 Å². The zero-order chi connectivity index (χ0) is 8.10. The molecule has 1 aliphatic rings. The van der Waals surface area contributed by atoms with Gasteiger partial charge in [0.05, 0.1) is 0 Å². The lowest BCUT2D eigenvalue weighted by atomic mass is 9.90. The van der Waals surface area contributed by atoms with E-state index in [4.69, 9.17) is 14.7 Å². The number of hydrogen-bond acceptors (Lipinski definition) is 3. The maximum absolute atomic E-state index is 8.42. The fourth-order valence-corrected chi connectivity index (χ4v) is 1.58. The van der Waals surface area contributed by atoms with Crippen molar-refractivity contribution in [2.24, 2.45) is 5.92 Å². The molecule has 0 aromatic heterocycles. The van der Waals surface area contributed by atoms with Crippen LogP contribution in [0.1, 0.15) is 32.1 Å². The van der Waals surface area contributed by atoms with Crippen molar-refractivity contribution in [3.8, 4) is 0 Å². The number of rotatable bonds is 3. The van der Waals surface area contributed by atoms with Crippen LogP contribution in [-0.4, -0.2) is 24.0 Å². The molecule has 4 heteroatoms. The van der Waals surface area contributed by atoms with Gasteiger partial charge >= 0.3 is 7.32 Å². The van der Waals surface area contributed by atoms with Gasteiger partial charge in [-0.05, 0) is 18.8 Å². The number of hydrogen-bond donors (Lipinski definition) is 2. The van der Waals surface area contributed by atoms with Gasteiger partial charge in [0.1, 0.15) is 0 Å². The van der Waals surface area contributed by atoms with Gasteiger partial charge in [-0.3, -0.25) is 0 Å². The molecule has 0 aromatic rings. The highest BCUT2D eigenvalue weighted by Gasteiger charge is 2.16. The Balaban J connectivity index is 2.05. The van der Waals surface area contributed by atoms with E-state index in [1.54, 1.807) is 0 Å². The van der Waals surface area contributed by atoms with Gasteiger partial charge in [-0.2, -0.15) is 0 Å². The summed E-state index contributed by atoms with van der Waals surface area (Å²) in [6.45, 7) is 0.498. The highest BCUT2D eigenvalue weighted by atomic mass is 16.6. The molecule has 0 heterocycles. The van der Waals surface area contributed by atoms with Crippen LogP contribution in [0.4, 0.5) is 0 Å². The highest BCUT2D eigenvalue weighted by molar-refractivity contribution is 6.32. The van der Waals surface area contributed by atoms with E-state index in [2.05, 4.69) is 0 Å². The van der Waals surface area contributed by atoms with Gasteiger partial charge in [-0.15, -0.1) is 0 Å². The van der Waals surface area contributed by atoms with Gasteiger partial charge < -0.3 is 14.7 Å². The van der Waals surface area contributed by atoms with Crippen LogP contribution in [0.15, 0.2) is 0 Å². The van der Waals surface area contributed by atoms with Crippen molar-refractivity contribution in [2.75, 3.05) is 6.61 Å². The molecule has 64 valence electrons. The molecule has 0 atom stereocenters. The molecular weight excluding hydrogens is 143 g/mol. The van der Waals surface area contributed by atoms with Crippen molar-refractivity contribution < 1.29 is 14.7 Å². The van der Waals surface area contributed by atoms with Crippen molar-refractivity contribution in [2.45, 2.75) is 32.1 Å². The smallest absolute Gasteiger partial charge is 0.402 e. The standard InChI is InChI=1S/C7H15BO3/c9-8(10)11-6-7-4-2-1-3-5-7/h7,9-10H,1-6H2. The maximum atomic E-state index is 8.42. The molecule has 1 saturated carbocycles. The minimum absolute atomic E-state index is 0.498. The molecule has 0 unspecified atom stereocenters. The summed E-state index contributed by atoms with van der Waals surface area (Å²) in [5, 5.41) is 16.8. The van der Waals surface area contributed by atoms with Gasteiger partial charge in [-0.1, -0.05) is 19.3 Å². The third-order valence-corrected chi connectivity index (χ3v) is 2.21. The summed E-state index contributed by atoms with van der Waals surface area (Å²) in [6, 6.07) is 0. The van der Waals surface area contributed by atoms with Crippen LogP contribution in [-0.2, 0) is 4.65 Å². The second-order valence-electron chi connectivity index (χ2n) is 3.16. The molecule has 0 aromatic carbocycles. The molecule has 0 bridgehead atoms.